The van der Waals surface area contributed by atoms with Gasteiger partial charge in [0.1, 0.15) is 10.4 Å². The predicted octanol–water partition coefficient (Wildman–Crippen LogP) is 3.04. The molecule has 2 saturated heterocycles. The summed E-state index contributed by atoms with van der Waals surface area (Å²) in [6.45, 7) is 4.33. The highest BCUT2D eigenvalue weighted by Crippen LogP contribution is 2.33. The van der Waals surface area contributed by atoms with Crippen LogP contribution in [0.1, 0.15) is 43.0 Å². The molecular formula is C27H30ClN7O3S. The number of halogens is 1. The van der Waals surface area contributed by atoms with Gasteiger partial charge in [-0.05, 0) is 57.5 Å². The van der Waals surface area contributed by atoms with Gasteiger partial charge in [0.05, 0.1) is 15.6 Å². The fraction of sp³-hybridized carbons (Fsp3) is 0.444. The van der Waals surface area contributed by atoms with E-state index in [-0.39, 0.29) is 34.2 Å². The predicted molar refractivity (Wildman–Crippen MR) is 154 cm³/mol. The minimum atomic E-state index is -0.389. The zero-order valence-electron chi connectivity index (χ0n) is 21.9. The molecule has 10 nitrogen and oxygen atoms in total. The third-order valence-electron chi connectivity index (χ3n) is 7.77. The van der Waals surface area contributed by atoms with Gasteiger partial charge in [0.25, 0.3) is 5.91 Å². The molecule has 2 aliphatic heterocycles. The van der Waals surface area contributed by atoms with E-state index in [0.717, 1.165) is 36.0 Å². The first-order valence-electron chi connectivity index (χ1n) is 13.2. The summed E-state index contributed by atoms with van der Waals surface area (Å²) in [6, 6.07) is 5.97. The van der Waals surface area contributed by atoms with E-state index in [4.69, 9.17) is 16.6 Å². The maximum atomic E-state index is 13.8. The molecule has 4 aromatic rings. The zero-order valence-corrected chi connectivity index (χ0v) is 23.4. The van der Waals surface area contributed by atoms with E-state index in [1.54, 1.807) is 6.07 Å². The lowest BCUT2D eigenvalue weighted by Crippen LogP contribution is -2.36. The Morgan fingerprint density at radius 2 is 2.08 bits per heavy atom. The Balaban J connectivity index is 1.42. The van der Waals surface area contributed by atoms with Crippen molar-refractivity contribution in [3.8, 4) is 0 Å². The van der Waals surface area contributed by atoms with E-state index in [9.17, 15) is 14.4 Å². The van der Waals surface area contributed by atoms with Crippen LogP contribution in [0.5, 0.6) is 0 Å². The first-order chi connectivity index (χ1) is 18.8. The Hall–Kier alpha value is -3.28. The minimum absolute atomic E-state index is 0.0143. The number of benzene rings is 1. The molecule has 0 aliphatic carbocycles. The zero-order chi connectivity index (χ0) is 27.3. The number of carbonyl (C=O) groups is 2. The van der Waals surface area contributed by atoms with E-state index >= 15 is 0 Å². The molecule has 0 saturated carbocycles. The second kappa shape index (κ2) is 10.4. The van der Waals surface area contributed by atoms with Gasteiger partial charge in [-0.3, -0.25) is 18.8 Å². The van der Waals surface area contributed by atoms with Gasteiger partial charge in [-0.2, -0.15) is 4.98 Å². The van der Waals surface area contributed by atoms with Crippen molar-refractivity contribution in [2.24, 2.45) is 0 Å². The van der Waals surface area contributed by atoms with Gasteiger partial charge in [0.15, 0.2) is 5.65 Å². The SMILES string of the molecule is CC(=O)NC1CCN(c2ncc3c(=O)c(C(=O)NCCC4CCCN4C)c4sc5ccc(Cl)cc5n4c3n2)C1. The number of hydrogen-bond acceptors (Lipinski definition) is 8. The minimum Gasteiger partial charge on any atom is -0.352 e. The number of fused-ring (bicyclic) bond motifs is 5. The second-order valence-corrected chi connectivity index (χ2v) is 11.9. The Kier molecular flexibility index (Phi) is 6.90. The summed E-state index contributed by atoms with van der Waals surface area (Å²) in [4.78, 5) is 52.9. The summed E-state index contributed by atoms with van der Waals surface area (Å²) in [5.74, 6) is 0.0134. The lowest BCUT2D eigenvalue weighted by molar-refractivity contribution is -0.119. The molecular weight excluding hydrogens is 538 g/mol. The van der Waals surface area contributed by atoms with Crippen LogP contribution in [0.3, 0.4) is 0 Å². The molecule has 6 rings (SSSR count). The van der Waals surface area contributed by atoms with Gasteiger partial charge in [-0.15, -0.1) is 11.3 Å². The first kappa shape index (κ1) is 26.0. The van der Waals surface area contributed by atoms with Crippen LogP contribution in [0.2, 0.25) is 5.02 Å². The van der Waals surface area contributed by atoms with Crippen molar-refractivity contribution in [3.05, 3.63) is 45.2 Å². The molecule has 204 valence electrons. The molecule has 2 unspecified atom stereocenters. The van der Waals surface area contributed by atoms with E-state index < -0.39 is 0 Å². The smallest absolute Gasteiger partial charge is 0.258 e. The number of hydrogen-bond donors (Lipinski definition) is 2. The summed E-state index contributed by atoms with van der Waals surface area (Å²) in [5, 5.41) is 6.76. The van der Waals surface area contributed by atoms with Crippen LogP contribution in [0.25, 0.3) is 26.1 Å². The number of nitrogens with one attached hydrogen (secondary N) is 2. The van der Waals surface area contributed by atoms with Crippen molar-refractivity contribution in [1.82, 2.24) is 29.9 Å². The van der Waals surface area contributed by atoms with Crippen LogP contribution in [0.4, 0.5) is 5.95 Å². The van der Waals surface area contributed by atoms with Crippen molar-refractivity contribution in [3.63, 3.8) is 0 Å². The van der Waals surface area contributed by atoms with Crippen LogP contribution in [-0.4, -0.2) is 76.4 Å². The normalized spacial score (nSPS) is 19.9. The number of pyridine rings is 1. The van der Waals surface area contributed by atoms with E-state index in [2.05, 4.69) is 27.6 Å². The van der Waals surface area contributed by atoms with E-state index in [1.165, 1.54) is 30.9 Å². The number of thiazole rings is 1. The quantitative estimate of drug-likeness (QED) is 0.368. The molecule has 2 fully saturated rings. The Morgan fingerprint density at radius 1 is 1.23 bits per heavy atom. The maximum Gasteiger partial charge on any atom is 0.258 e. The van der Waals surface area contributed by atoms with Crippen LogP contribution in [0.15, 0.2) is 29.2 Å². The monoisotopic (exact) mass is 567 g/mol. The summed E-state index contributed by atoms with van der Waals surface area (Å²) in [7, 11) is 2.11. The lowest BCUT2D eigenvalue weighted by Gasteiger charge is -2.19. The molecule has 0 bridgehead atoms. The number of likely N-dealkylation sites (tertiary alicyclic amines) is 1. The number of nitrogens with zero attached hydrogens (tertiary/aromatic N) is 5. The number of carbonyl (C=O) groups excluding carboxylic acids is 2. The fourth-order valence-electron chi connectivity index (χ4n) is 5.79. The summed E-state index contributed by atoms with van der Waals surface area (Å²) >= 11 is 7.74. The molecule has 2 atom stereocenters. The molecule has 12 heteroatoms. The number of amides is 2. The van der Waals surface area contributed by atoms with Crippen LogP contribution in [0, 0.1) is 0 Å². The van der Waals surface area contributed by atoms with Crippen molar-refractivity contribution in [1.29, 1.82) is 0 Å². The van der Waals surface area contributed by atoms with Crippen molar-refractivity contribution in [2.45, 2.75) is 44.7 Å². The Labute approximate surface area is 234 Å². The molecule has 3 aromatic heterocycles. The highest BCUT2D eigenvalue weighted by atomic mass is 35.5. The Bertz CT molecular complexity index is 1670. The van der Waals surface area contributed by atoms with Crippen LogP contribution >= 0.6 is 22.9 Å². The molecule has 5 heterocycles. The van der Waals surface area contributed by atoms with Gasteiger partial charge in [0.2, 0.25) is 17.3 Å². The van der Waals surface area contributed by atoms with Gasteiger partial charge < -0.3 is 20.4 Å². The summed E-state index contributed by atoms with van der Waals surface area (Å²) < 4.78 is 2.74. The third-order valence-corrected chi connectivity index (χ3v) is 9.15. The van der Waals surface area contributed by atoms with E-state index in [0.29, 0.717) is 47.1 Å². The molecule has 1 aromatic carbocycles. The fourth-order valence-corrected chi connectivity index (χ4v) is 7.12. The molecule has 0 radical (unpaired) electrons. The number of anilines is 1. The average Bonchev–Trinajstić information content (AvgIpc) is 3.62. The van der Waals surface area contributed by atoms with Crippen molar-refractivity contribution >= 4 is 66.8 Å². The van der Waals surface area contributed by atoms with Crippen molar-refractivity contribution in [2.75, 3.05) is 38.1 Å². The molecule has 2 aliphatic rings. The van der Waals surface area contributed by atoms with Gasteiger partial charge >= 0.3 is 0 Å². The largest absolute Gasteiger partial charge is 0.352 e. The Morgan fingerprint density at radius 3 is 2.85 bits per heavy atom. The average molecular weight is 568 g/mol. The standard InChI is InChI=1S/C27H30ClN7O3S/c1-15(36)31-17-8-11-34(14-17)27-30-13-19-23(37)22(25(38)29-9-7-18-4-3-10-33(18)2)26-35(24(19)32-27)20-12-16(28)5-6-21(20)39-26/h5-6,12-13,17-18H,3-4,7-11,14H2,1-2H3,(H,29,38)(H,31,36). The number of rotatable bonds is 6. The van der Waals surface area contributed by atoms with Crippen LogP contribution < -0.4 is 21.0 Å². The molecule has 2 amide bonds. The summed E-state index contributed by atoms with van der Waals surface area (Å²) in [6.07, 6.45) is 5.41. The van der Waals surface area contributed by atoms with Gasteiger partial charge in [-0.25, -0.2) is 4.98 Å². The molecule has 0 spiro atoms. The molecule has 2 N–H and O–H groups in total. The second-order valence-electron chi connectivity index (χ2n) is 10.4. The van der Waals surface area contributed by atoms with Gasteiger partial charge in [0, 0.05) is 49.9 Å². The maximum absolute atomic E-state index is 13.8. The summed E-state index contributed by atoms with van der Waals surface area (Å²) in [5.41, 5.74) is 0.919. The van der Waals surface area contributed by atoms with E-state index in [1.807, 2.05) is 21.4 Å². The number of aromatic nitrogens is 3. The van der Waals surface area contributed by atoms with Crippen molar-refractivity contribution < 1.29 is 9.59 Å². The first-order valence-corrected chi connectivity index (χ1v) is 14.4. The lowest BCUT2D eigenvalue weighted by atomic mass is 10.1. The topological polar surface area (TPSA) is 112 Å². The van der Waals surface area contributed by atoms with Gasteiger partial charge in [-0.1, -0.05) is 11.6 Å². The van der Waals surface area contributed by atoms with Crippen LogP contribution in [-0.2, 0) is 4.79 Å². The molecule has 39 heavy (non-hydrogen) atoms. The highest BCUT2D eigenvalue weighted by Gasteiger charge is 2.28. The highest BCUT2D eigenvalue weighted by molar-refractivity contribution is 7.24. The third kappa shape index (κ3) is 4.83.